The van der Waals surface area contributed by atoms with Gasteiger partial charge in [0.2, 0.25) is 0 Å². The molecule has 0 heterocycles. The minimum Gasteiger partial charge on any atom is -0.368 e. The number of unbranched alkanes of at least 4 members (excludes halogenated alkanes) is 5. The van der Waals surface area contributed by atoms with Crippen molar-refractivity contribution in [3.63, 3.8) is 0 Å². The Morgan fingerprint density at radius 1 is 0.692 bits per heavy atom. The van der Waals surface area contributed by atoms with Gasteiger partial charge >= 0.3 is 0 Å². The number of nitrogens with two attached hydrogens (primary N) is 2. The molecule has 2 aliphatic rings. The normalized spacial score (nSPS) is 29.3. The van der Waals surface area contributed by atoms with Crippen molar-refractivity contribution in [1.29, 1.82) is 0 Å². The maximum atomic E-state index is 8.51. The zero-order valence-corrected chi connectivity index (χ0v) is 17.2. The van der Waals surface area contributed by atoms with Crippen LogP contribution in [0.4, 0.5) is 0 Å². The fraction of sp³-hybridized carbons (Fsp3) is 1.00. The second-order valence-electron chi connectivity index (χ2n) is 8.83. The number of aliphatic hydroxyl groups excluding tert-OH is 1. The maximum Gasteiger partial charge on any atom is 0.151 e. The minimum absolute atomic E-state index is 0.501. The molecule has 2 saturated carbocycles. The quantitative estimate of drug-likeness (QED) is 0.356. The van der Waals surface area contributed by atoms with E-state index in [9.17, 15) is 0 Å². The van der Waals surface area contributed by atoms with E-state index in [1.54, 1.807) is 0 Å². The lowest BCUT2D eigenvalue weighted by Gasteiger charge is -2.32. The van der Waals surface area contributed by atoms with Crippen molar-refractivity contribution >= 4 is 0 Å². The van der Waals surface area contributed by atoms with Crippen LogP contribution in [0.5, 0.6) is 0 Å². The van der Waals surface area contributed by atoms with Crippen molar-refractivity contribution in [2.75, 3.05) is 0 Å². The van der Waals surface area contributed by atoms with Gasteiger partial charge in [0, 0.05) is 12.1 Å². The summed E-state index contributed by atoms with van der Waals surface area (Å²) in [6, 6.07) is 1.00. The molecule has 0 unspecified atom stereocenters. The van der Waals surface area contributed by atoms with Crippen molar-refractivity contribution in [2.24, 2.45) is 23.3 Å². The van der Waals surface area contributed by atoms with E-state index < -0.39 is 6.29 Å². The second-order valence-corrected chi connectivity index (χ2v) is 8.83. The SMILES string of the molecule is CCCCCCCCC(O)O.NC1CCC(CC2CCC(N)CC2)CC1. The highest BCUT2D eigenvalue weighted by Gasteiger charge is 2.24. The van der Waals surface area contributed by atoms with E-state index >= 15 is 0 Å². The van der Waals surface area contributed by atoms with E-state index in [0.29, 0.717) is 18.5 Å². The van der Waals surface area contributed by atoms with Crippen molar-refractivity contribution in [3.8, 4) is 0 Å². The molecule has 2 fully saturated rings. The molecule has 0 saturated heterocycles. The van der Waals surface area contributed by atoms with Gasteiger partial charge in [-0.1, -0.05) is 39.0 Å². The van der Waals surface area contributed by atoms with E-state index in [-0.39, 0.29) is 0 Å². The van der Waals surface area contributed by atoms with Crippen LogP contribution in [0.3, 0.4) is 0 Å². The third-order valence-electron chi connectivity index (χ3n) is 6.27. The van der Waals surface area contributed by atoms with E-state index in [4.69, 9.17) is 21.7 Å². The molecular formula is C22H46N2O2. The first kappa shape index (κ1) is 23.9. The Balaban J connectivity index is 0.000000276. The highest BCUT2D eigenvalue weighted by Crippen LogP contribution is 2.34. The number of hydrogen-bond donors (Lipinski definition) is 4. The third-order valence-corrected chi connectivity index (χ3v) is 6.27. The summed E-state index contributed by atoms with van der Waals surface area (Å²) < 4.78 is 0. The molecule has 4 heteroatoms. The average Bonchev–Trinajstić information content (AvgIpc) is 2.62. The fourth-order valence-corrected chi connectivity index (χ4v) is 4.43. The lowest BCUT2D eigenvalue weighted by molar-refractivity contribution is -0.0466. The van der Waals surface area contributed by atoms with Crippen LogP contribution in [0, 0.1) is 11.8 Å². The molecule has 0 amide bonds. The molecular weight excluding hydrogens is 324 g/mol. The molecule has 0 atom stereocenters. The van der Waals surface area contributed by atoms with Crippen LogP contribution in [0.25, 0.3) is 0 Å². The molecule has 0 bridgehead atoms. The van der Waals surface area contributed by atoms with Crippen LogP contribution in [0.15, 0.2) is 0 Å². The van der Waals surface area contributed by atoms with Crippen LogP contribution >= 0.6 is 0 Å². The summed E-state index contributed by atoms with van der Waals surface area (Å²) in [5, 5.41) is 17.0. The monoisotopic (exact) mass is 370 g/mol. The highest BCUT2D eigenvalue weighted by molar-refractivity contribution is 4.80. The lowest BCUT2D eigenvalue weighted by atomic mass is 9.76. The van der Waals surface area contributed by atoms with Crippen LogP contribution in [0.2, 0.25) is 0 Å². The minimum atomic E-state index is -1.10. The first-order valence-corrected chi connectivity index (χ1v) is 11.4. The van der Waals surface area contributed by atoms with Crippen molar-refractivity contribution in [2.45, 2.75) is 128 Å². The molecule has 4 nitrogen and oxygen atoms in total. The molecule has 0 spiro atoms. The van der Waals surface area contributed by atoms with Gasteiger partial charge in [0.25, 0.3) is 0 Å². The zero-order valence-electron chi connectivity index (χ0n) is 17.2. The molecule has 0 aliphatic heterocycles. The van der Waals surface area contributed by atoms with Crippen molar-refractivity contribution in [1.82, 2.24) is 0 Å². The summed E-state index contributed by atoms with van der Waals surface area (Å²) in [6.45, 7) is 2.19. The predicted octanol–water partition coefficient (Wildman–Crippen LogP) is 4.46. The van der Waals surface area contributed by atoms with E-state index in [0.717, 1.165) is 24.7 Å². The lowest BCUT2D eigenvalue weighted by Crippen LogP contribution is -2.30. The maximum absolute atomic E-state index is 8.51. The van der Waals surface area contributed by atoms with E-state index in [2.05, 4.69) is 6.92 Å². The Kier molecular flexibility index (Phi) is 13.6. The predicted molar refractivity (Wildman–Crippen MR) is 111 cm³/mol. The van der Waals surface area contributed by atoms with Gasteiger partial charge in [0.05, 0.1) is 0 Å². The smallest absolute Gasteiger partial charge is 0.151 e. The third kappa shape index (κ3) is 12.3. The van der Waals surface area contributed by atoms with Gasteiger partial charge < -0.3 is 21.7 Å². The Labute approximate surface area is 162 Å². The molecule has 6 N–H and O–H groups in total. The van der Waals surface area contributed by atoms with Crippen molar-refractivity contribution < 1.29 is 10.2 Å². The largest absolute Gasteiger partial charge is 0.368 e. The first-order valence-electron chi connectivity index (χ1n) is 11.4. The van der Waals surface area contributed by atoms with Crippen LogP contribution < -0.4 is 11.5 Å². The van der Waals surface area contributed by atoms with Gasteiger partial charge in [-0.25, -0.2) is 0 Å². The summed E-state index contributed by atoms with van der Waals surface area (Å²) in [4.78, 5) is 0. The van der Waals surface area contributed by atoms with Crippen molar-refractivity contribution in [3.05, 3.63) is 0 Å². The molecule has 0 aromatic carbocycles. The van der Waals surface area contributed by atoms with Gasteiger partial charge in [0.1, 0.15) is 0 Å². The molecule has 2 aliphatic carbocycles. The molecule has 2 rings (SSSR count). The first-order chi connectivity index (χ1) is 12.5. The van der Waals surface area contributed by atoms with Crippen LogP contribution in [-0.4, -0.2) is 28.6 Å². The zero-order chi connectivity index (χ0) is 19.2. The van der Waals surface area contributed by atoms with Gasteiger partial charge in [-0.15, -0.1) is 0 Å². The summed E-state index contributed by atoms with van der Waals surface area (Å²) in [7, 11) is 0. The fourth-order valence-electron chi connectivity index (χ4n) is 4.43. The number of hydrogen-bond acceptors (Lipinski definition) is 4. The van der Waals surface area contributed by atoms with E-state index in [1.165, 1.54) is 83.5 Å². The van der Waals surface area contributed by atoms with Gasteiger partial charge in [0.15, 0.2) is 6.29 Å². The van der Waals surface area contributed by atoms with Crippen LogP contribution in [0.1, 0.15) is 110 Å². The average molecular weight is 371 g/mol. The Bertz CT molecular complexity index is 289. The Morgan fingerprint density at radius 3 is 1.54 bits per heavy atom. The number of rotatable bonds is 9. The summed E-state index contributed by atoms with van der Waals surface area (Å²) in [5.74, 6) is 1.95. The number of aliphatic hydroxyl groups is 2. The molecule has 156 valence electrons. The van der Waals surface area contributed by atoms with Gasteiger partial charge in [-0.2, -0.15) is 0 Å². The molecule has 0 aromatic heterocycles. The topological polar surface area (TPSA) is 92.5 Å². The summed E-state index contributed by atoms with van der Waals surface area (Å²) >= 11 is 0. The van der Waals surface area contributed by atoms with Gasteiger partial charge in [-0.05, 0) is 82.5 Å². The molecule has 0 radical (unpaired) electrons. The van der Waals surface area contributed by atoms with E-state index in [1.807, 2.05) is 0 Å². The van der Waals surface area contributed by atoms with Gasteiger partial charge in [-0.3, -0.25) is 0 Å². The molecule has 0 aromatic rings. The van der Waals surface area contributed by atoms with Crippen LogP contribution in [-0.2, 0) is 0 Å². The summed E-state index contributed by atoms with van der Waals surface area (Å²) in [6.07, 6.45) is 18.6. The second kappa shape index (κ2) is 14.8. The highest BCUT2D eigenvalue weighted by atomic mass is 16.5. The standard InChI is InChI=1S/C13H26N2.C9H20O2/c14-12-5-1-10(2-6-12)9-11-3-7-13(15)8-4-11;1-2-3-4-5-6-7-8-9(10)11/h10-13H,1-9,14-15H2;9-11H,2-8H2,1H3. The summed E-state index contributed by atoms with van der Waals surface area (Å²) in [5.41, 5.74) is 11.9. The Hall–Kier alpha value is -0.160. The molecule has 26 heavy (non-hydrogen) atoms. The Morgan fingerprint density at radius 2 is 1.12 bits per heavy atom.